The van der Waals surface area contributed by atoms with Crippen LogP contribution in [0.5, 0.6) is 0 Å². The average molecular weight is 268 g/mol. The first kappa shape index (κ1) is 12.4. The van der Waals surface area contributed by atoms with Crippen LogP contribution in [0.1, 0.15) is 16.1 Å². The first-order valence-electron chi connectivity index (χ1n) is 6.24. The van der Waals surface area contributed by atoms with Gasteiger partial charge in [0, 0.05) is 10.9 Å². The van der Waals surface area contributed by atoms with E-state index >= 15 is 0 Å². The molecule has 0 bridgehead atoms. The van der Waals surface area contributed by atoms with E-state index in [0.717, 1.165) is 27.6 Å². The molecule has 2 aromatic carbocycles. The number of H-pyrrole nitrogens is 1. The van der Waals surface area contributed by atoms with Gasteiger partial charge in [0.1, 0.15) is 11.5 Å². The summed E-state index contributed by atoms with van der Waals surface area (Å²) >= 11 is 0. The number of benzene rings is 2. The number of amides is 1. The summed E-state index contributed by atoms with van der Waals surface area (Å²) in [6.45, 7) is 1.85. The van der Waals surface area contributed by atoms with Gasteiger partial charge in [-0.15, -0.1) is 0 Å². The highest BCUT2D eigenvalue weighted by atomic mass is 19.1. The minimum absolute atomic E-state index is 0.260. The van der Waals surface area contributed by atoms with E-state index < -0.39 is 5.91 Å². The Morgan fingerprint density at radius 3 is 2.40 bits per heavy atom. The Bertz CT molecular complexity index is 803. The Labute approximate surface area is 115 Å². The smallest absolute Gasteiger partial charge is 0.265 e. The Morgan fingerprint density at radius 2 is 1.75 bits per heavy atom. The van der Waals surface area contributed by atoms with Crippen LogP contribution in [-0.2, 0) is 0 Å². The van der Waals surface area contributed by atoms with Crippen molar-refractivity contribution >= 4 is 16.8 Å². The maximum absolute atomic E-state index is 13.0. The normalized spacial score (nSPS) is 10.9. The zero-order chi connectivity index (χ0) is 14.3. The number of nitrogens with two attached hydrogens (primary N) is 1. The number of fused-ring (bicyclic) bond motifs is 1. The molecule has 0 radical (unpaired) electrons. The highest BCUT2D eigenvalue weighted by molar-refractivity contribution is 6.01. The highest BCUT2D eigenvalue weighted by Gasteiger charge is 2.12. The number of aromatic amines is 1. The van der Waals surface area contributed by atoms with Crippen molar-refractivity contribution in [2.75, 3.05) is 0 Å². The molecule has 0 aliphatic carbocycles. The van der Waals surface area contributed by atoms with Crippen LogP contribution in [0.15, 0.2) is 42.5 Å². The van der Waals surface area contributed by atoms with Crippen molar-refractivity contribution in [1.29, 1.82) is 0 Å². The number of halogens is 1. The third kappa shape index (κ3) is 1.95. The zero-order valence-electron chi connectivity index (χ0n) is 10.9. The number of hydrogen-bond acceptors (Lipinski definition) is 1. The number of hydrogen-bond donors (Lipinski definition) is 2. The fourth-order valence-corrected chi connectivity index (χ4v) is 2.39. The molecule has 0 saturated heterocycles. The van der Waals surface area contributed by atoms with Crippen molar-refractivity contribution in [2.24, 2.45) is 5.73 Å². The standard InChI is InChI=1S/C16H13FN2O/c1-9-13-8-11(10-2-5-12(17)6-3-10)4-7-14(13)19-15(9)16(18)20/h2-8,19H,1H3,(H2,18,20). The van der Waals surface area contributed by atoms with Gasteiger partial charge in [0.05, 0.1) is 0 Å². The summed E-state index contributed by atoms with van der Waals surface area (Å²) in [6, 6.07) is 12.1. The molecule has 0 saturated carbocycles. The molecule has 0 unspecified atom stereocenters. The van der Waals surface area contributed by atoms with E-state index in [-0.39, 0.29) is 5.82 Å². The van der Waals surface area contributed by atoms with Crippen LogP contribution >= 0.6 is 0 Å². The molecule has 1 amide bonds. The van der Waals surface area contributed by atoms with E-state index in [1.54, 1.807) is 12.1 Å². The maximum Gasteiger partial charge on any atom is 0.265 e. The summed E-state index contributed by atoms with van der Waals surface area (Å²) in [5.74, 6) is -0.731. The van der Waals surface area contributed by atoms with E-state index in [2.05, 4.69) is 4.98 Å². The van der Waals surface area contributed by atoms with Gasteiger partial charge in [-0.1, -0.05) is 18.2 Å². The Kier molecular flexibility index (Phi) is 2.79. The second-order valence-electron chi connectivity index (χ2n) is 4.76. The molecular formula is C16H13FN2O. The van der Waals surface area contributed by atoms with E-state index in [9.17, 15) is 9.18 Å². The minimum atomic E-state index is -0.470. The van der Waals surface area contributed by atoms with Gasteiger partial charge in [0.25, 0.3) is 5.91 Å². The lowest BCUT2D eigenvalue weighted by Crippen LogP contribution is -2.12. The van der Waals surface area contributed by atoms with Crippen molar-refractivity contribution in [3.63, 3.8) is 0 Å². The third-order valence-corrected chi connectivity index (χ3v) is 3.48. The molecule has 3 aromatic rings. The van der Waals surface area contributed by atoms with E-state index in [4.69, 9.17) is 5.73 Å². The molecular weight excluding hydrogens is 255 g/mol. The van der Waals surface area contributed by atoms with Crippen LogP contribution < -0.4 is 5.73 Å². The number of carbonyl (C=O) groups is 1. The fourth-order valence-electron chi connectivity index (χ4n) is 2.39. The predicted octanol–water partition coefficient (Wildman–Crippen LogP) is 3.38. The number of aromatic nitrogens is 1. The van der Waals surface area contributed by atoms with Crippen LogP contribution in [-0.4, -0.2) is 10.9 Å². The van der Waals surface area contributed by atoms with Gasteiger partial charge in [0.2, 0.25) is 0 Å². The van der Waals surface area contributed by atoms with Crippen molar-refractivity contribution in [3.05, 3.63) is 59.5 Å². The molecule has 0 aliphatic rings. The number of aryl methyl sites for hydroxylation is 1. The lowest BCUT2D eigenvalue weighted by molar-refractivity contribution is 0.0996. The summed E-state index contributed by atoms with van der Waals surface area (Å²) in [5.41, 5.74) is 9.35. The lowest BCUT2D eigenvalue weighted by Gasteiger charge is -2.02. The Morgan fingerprint density at radius 1 is 1.10 bits per heavy atom. The van der Waals surface area contributed by atoms with Crippen molar-refractivity contribution in [3.8, 4) is 11.1 Å². The van der Waals surface area contributed by atoms with Crippen LogP contribution in [0, 0.1) is 12.7 Å². The number of rotatable bonds is 2. The Balaban J connectivity index is 2.17. The monoisotopic (exact) mass is 268 g/mol. The molecule has 1 heterocycles. The van der Waals surface area contributed by atoms with Gasteiger partial charge in [-0.25, -0.2) is 4.39 Å². The zero-order valence-corrected chi connectivity index (χ0v) is 10.9. The van der Waals surface area contributed by atoms with Gasteiger partial charge in [-0.05, 0) is 47.9 Å². The first-order valence-corrected chi connectivity index (χ1v) is 6.24. The van der Waals surface area contributed by atoms with Gasteiger partial charge in [0.15, 0.2) is 0 Å². The van der Waals surface area contributed by atoms with Gasteiger partial charge < -0.3 is 10.7 Å². The summed E-state index contributed by atoms with van der Waals surface area (Å²) < 4.78 is 13.0. The summed E-state index contributed by atoms with van der Waals surface area (Å²) in [5, 5.41) is 0.945. The van der Waals surface area contributed by atoms with Gasteiger partial charge in [-0.3, -0.25) is 4.79 Å². The van der Waals surface area contributed by atoms with Gasteiger partial charge >= 0.3 is 0 Å². The van der Waals surface area contributed by atoms with Crippen molar-refractivity contribution in [1.82, 2.24) is 4.98 Å². The molecule has 0 fully saturated rings. The van der Waals surface area contributed by atoms with Crippen LogP contribution in [0.2, 0.25) is 0 Å². The van der Waals surface area contributed by atoms with Crippen LogP contribution in [0.4, 0.5) is 4.39 Å². The molecule has 3 rings (SSSR count). The number of carbonyl (C=O) groups excluding carboxylic acids is 1. The second-order valence-corrected chi connectivity index (χ2v) is 4.76. The summed E-state index contributed by atoms with van der Waals surface area (Å²) in [4.78, 5) is 14.3. The largest absolute Gasteiger partial charge is 0.364 e. The van der Waals surface area contributed by atoms with E-state index in [0.29, 0.717) is 5.69 Å². The SMILES string of the molecule is Cc1c(C(N)=O)[nH]c2ccc(-c3ccc(F)cc3)cc12. The quantitative estimate of drug-likeness (QED) is 0.735. The number of primary amides is 1. The highest BCUT2D eigenvalue weighted by Crippen LogP contribution is 2.28. The first-order chi connectivity index (χ1) is 9.56. The van der Waals surface area contributed by atoms with E-state index in [1.807, 2.05) is 25.1 Å². The molecule has 100 valence electrons. The molecule has 0 spiro atoms. The number of nitrogens with one attached hydrogen (secondary N) is 1. The summed E-state index contributed by atoms with van der Waals surface area (Å²) in [7, 11) is 0. The van der Waals surface area contributed by atoms with Crippen molar-refractivity contribution in [2.45, 2.75) is 6.92 Å². The molecule has 3 N–H and O–H groups in total. The van der Waals surface area contributed by atoms with Crippen molar-refractivity contribution < 1.29 is 9.18 Å². The Hall–Kier alpha value is -2.62. The van der Waals surface area contributed by atoms with Crippen LogP contribution in [0.3, 0.4) is 0 Å². The molecule has 20 heavy (non-hydrogen) atoms. The topological polar surface area (TPSA) is 58.9 Å². The van der Waals surface area contributed by atoms with E-state index in [1.165, 1.54) is 12.1 Å². The molecule has 0 atom stereocenters. The molecule has 4 heteroatoms. The van der Waals surface area contributed by atoms with Crippen LogP contribution in [0.25, 0.3) is 22.0 Å². The molecule has 0 aliphatic heterocycles. The average Bonchev–Trinajstić information content (AvgIpc) is 2.77. The van der Waals surface area contributed by atoms with Gasteiger partial charge in [-0.2, -0.15) is 0 Å². The maximum atomic E-state index is 13.0. The predicted molar refractivity (Wildman–Crippen MR) is 76.9 cm³/mol. The molecule has 1 aromatic heterocycles. The minimum Gasteiger partial charge on any atom is -0.364 e. The third-order valence-electron chi connectivity index (χ3n) is 3.48. The lowest BCUT2D eigenvalue weighted by atomic mass is 10.0. The summed E-state index contributed by atoms with van der Waals surface area (Å²) in [6.07, 6.45) is 0. The fraction of sp³-hybridized carbons (Fsp3) is 0.0625. The molecule has 3 nitrogen and oxygen atoms in total. The second kappa shape index (κ2) is 4.49.